The number of aliphatic imine (C=N–C) groups is 1. The standard InChI is InChI=1S/C12H7NO3/c14-11-9-5-7-3-1-2-4-8(7)6-10(9)13-12(15)16-11/h1-7H. The van der Waals surface area contributed by atoms with Gasteiger partial charge < -0.3 is 4.74 Å². The topological polar surface area (TPSA) is 55.7 Å². The smallest absolute Gasteiger partial charge is 0.371 e. The Labute approximate surface area is 91.3 Å². The molecule has 0 radical (unpaired) electrons. The summed E-state index contributed by atoms with van der Waals surface area (Å²) in [4.78, 5) is 26.1. The number of esters is 1. The van der Waals surface area contributed by atoms with Crippen LogP contribution >= 0.6 is 0 Å². The molecule has 0 fully saturated rings. The van der Waals surface area contributed by atoms with Crippen LogP contribution in [0.3, 0.4) is 0 Å². The van der Waals surface area contributed by atoms with Crippen molar-refractivity contribution in [1.29, 1.82) is 0 Å². The number of cyclic esters (lactones) is 2. The first-order chi connectivity index (χ1) is 7.74. The maximum Gasteiger partial charge on any atom is 0.442 e. The molecule has 0 bridgehead atoms. The van der Waals surface area contributed by atoms with Crippen LogP contribution in [0, 0.1) is 5.92 Å². The van der Waals surface area contributed by atoms with Crippen molar-refractivity contribution >= 4 is 17.8 Å². The summed E-state index contributed by atoms with van der Waals surface area (Å²) in [6.07, 6.45) is 10.4. The molecule has 4 heteroatoms. The Hall–Kier alpha value is -2.23. The number of allylic oxidation sites excluding steroid dienone is 7. The van der Waals surface area contributed by atoms with Gasteiger partial charge in [0.2, 0.25) is 0 Å². The Morgan fingerprint density at radius 1 is 1.25 bits per heavy atom. The zero-order valence-electron chi connectivity index (χ0n) is 8.21. The van der Waals surface area contributed by atoms with E-state index in [0.717, 1.165) is 5.57 Å². The Balaban J connectivity index is 2.12. The lowest BCUT2D eigenvalue weighted by atomic mass is 9.85. The van der Waals surface area contributed by atoms with Crippen molar-refractivity contribution in [3.8, 4) is 0 Å². The minimum Gasteiger partial charge on any atom is -0.371 e. The molecule has 0 spiro atoms. The molecule has 3 aliphatic rings. The quantitative estimate of drug-likeness (QED) is 0.454. The van der Waals surface area contributed by atoms with Crippen molar-refractivity contribution in [1.82, 2.24) is 0 Å². The van der Waals surface area contributed by atoms with E-state index in [9.17, 15) is 9.59 Å². The highest BCUT2D eigenvalue weighted by atomic mass is 16.6. The molecule has 0 saturated heterocycles. The first-order valence-electron chi connectivity index (χ1n) is 4.87. The number of carbonyl (C=O) groups excluding carboxylic acids is 2. The molecule has 1 aliphatic heterocycles. The van der Waals surface area contributed by atoms with Gasteiger partial charge in [0.1, 0.15) is 0 Å². The third kappa shape index (κ3) is 1.27. The van der Waals surface area contributed by atoms with E-state index >= 15 is 0 Å². The first kappa shape index (κ1) is 9.03. The van der Waals surface area contributed by atoms with Crippen LogP contribution in [0.4, 0.5) is 4.79 Å². The predicted octanol–water partition coefficient (Wildman–Crippen LogP) is 1.71. The van der Waals surface area contributed by atoms with Crippen LogP contribution in [0.1, 0.15) is 0 Å². The van der Waals surface area contributed by atoms with Crippen molar-refractivity contribution < 1.29 is 14.3 Å². The molecule has 0 N–H and O–H groups in total. The molecule has 4 nitrogen and oxygen atoms in total. The molecule has 1 atom stereocenters. The minimum atomic E-state index is -0.845. The van der Waals surface area contributed by atoms with Crippen LogP contribution in [0.5, 0.6) is 0 Å². The minimum absolute atomic E-state index is 0.0692. The number of hydrogen-bond donors (Lipinski definition) is 0. The highest BCUT2D eigenvalue weighted by Crippen LogP contribution is 2.28. The van der Waals surface area contributed by atoms with E-state index in [4.69, 9.17) is 0 Å². The number of amides is 1. The number of ether oxygens (including phenoxy) is 1. The summed E-state index contributed by atoms with van der Waals surface area (Å²) in [5.41, 5.74) is 1.79. The second-order valence-electron chi connectivity index (χ2n) is 3.65. The average molecular weight is 213 g/mol. The number of fused-ring (bicyclic) bond motifs is 2. The number of hydrogen-bond acceptors (Lipinski definition) is 3. The molecule has 3 rings (SSSR count). The van der Waals surface area contributed by atoms with E-state index in [-0.39, 0.29) is 5.92 Å². The molecule has 0 aromatic rings. The molecule has 1 heterocycles. The maximum atomic E-state index is 11.4. The highest BCUT2D eigenvalue weighted by molar-refractivity contribution is 6.30. The summed E-state index contributed by atoms with van der Waals surface area (Å²) in [5.74, 6) is -0.548. The Morgan fingerprint density at radius 3 is 3.00 bits per heavy atom. The molecular weight excluding hydrogens is 206 g/mol. The average Bonchev–Trinajstić information content (AvgIpc) is 2.27. The zero-order chi connectivity index (χ0) is 11.1. The van der Waals surface area contributed by atoms with Gasteiger partial charge in [-0.1, -0.05) is 30.4 Å². The number of rotatable bonds is 0. The van der Waals surface area contributed by atoms with E-state index in [1.807, 2.05) is 24.3 Å². The van der Waals surface area contributed by atoms with Crippen LogP contribution < -0.4 is 0 Å². The van der Waals surface area contributed by atoms with Gasteiger partial charge in [-0.25, -0.2) is 9.59 Å². The second kappa shape index (κ2) is 3.13. The van der Waals surface area contributed by atoms with Crippen LogP contribution in [0.2, 0.25) is 0 Å². The Kier molecular flexibility index (Phi) is 1.77. The molecule has 78 valence electrons. The summed E-state index contributed by atoms with van der Waals surface area (Å²) >= 11 is 0. The van der Waals surface area contributed by atoms with Gasteiger partial charge in [0.25, 0.3) is 0 Å². The van der Waals surface area contributed by atoms with Crippen molar-refractivity contribution in [2.45, 2.75) is 0 Å². The van der Waals surface area contributed by atoms with Crippen LogP contribution in [-0.2, 0) is 9.53 Å². The molecule has 0 saturated carbocycles. The molecule has 0 aromatic carbocycles. The van der Waals surface area contributed by atoms with Gasteiger partial charge >= 0.3 is 12.1 Å². The fraction of sp³-hybridized carbons (Fsp3) is 0.0833. The monoisotopic (exact) mass is 213 g/mol. The lowest BCUT2D eigenvalue weighted by Gasteiger charge is -2.22. The third-order valence-corrected chi connectivity index (χ3v) is 2.64. The van der Waals surface area contributed by atoms with Crippen LogP contribution in [-0.4, -0.2) is 17.8 Å². The molecule has 16 heavy (non-hydrogen) atoms. The second-order valence-corrected chi connectivity index (χ2v) is 3.65. The van der Waals surface area contributed by atoms with Gasteiger partial charge in [0, 0.05) is 5.92 Å². The van der Waals surface area contributed by atoms with Gasteiger partial charge in [0.05, 0.1) is 11.3 Å². The van der Waals surface area contributed by atoms with E-state index < -0.39 is 12.1 Å². The lowest BCUT2D eigenvalue weighted by Crippen LogP contribution is -2.27. The Bertz CT molecular complexity index is 547. The first-order valence-corrected chi connectivity index (χ1v) is 4.87. The van der Waals surface area contributed by atoms with Crippen LogP contribution in [0.25, 0.3) is 0 Å². The SMILES string of the molecule is O=C1N=C2C=C3C=CC=CC3C=C2C(=O)O1. The van der Waals surface area contributed by atoms with E-state index in [0.29, 0.717) is 11.3 Å². The van der Waals surface area contributed by atoms with Gasteiger partial charge in [-0.2, -0.15) is 4.99 Å². The summed E-state index contributed by atoms with van der Waals surface area (Å²) < 4.78 is 4.43. The summed E-state index contributed by atoms with van der Waals surface area (Å²) in [6.45, 7) is 0. The molecule has 1 unspecified atom stereocenters. The largest absolute Gasteiger partial charge is 0.442 e. The summed E-state index contributed by atoms with van der Waals surface area (Å²) in [6, 6.07) is 0. The third-order valence-electron chi connectivity index (χ3n) is 2.64. The fourth-order valence-corrected chi connectivity index (χ4v) is 1.89. The molecular formula is C12H7NO3. The van der Waals surface area contributed by atoms with E-state index in [2.05, 4.69) is 9.73 Å². The number of nitrogens with zero attached hydrogens (tertiary/aromatic N) is 1. The normalized spacial score (nSPS) is 26.2. The summed E-state index contributed by atoms with van der Waals surface area (Å²) in [7, 11) is 0. The van der Waals surface area contributed by atoms with Crippen LogP contribution in [0.15, 0.2) is 52.6 Å². The van der Waals surface area contributed by atoms with Crippen molar-refractivity contribution in [2.24, 2.45) is 10.9 Å². The van der Waals surface area contributed by atoms with Crippen molar-refractivity contribution in [2.75, 3.05) is 0 Å². The van der Waals surface area contributed by atoms with E-state index in [1.54, 1.807) is 12.2 Å². The van der Waals surface area contributed by atoms with Gasteiger partial charge in [-0.05, 0) is 11.6 Å². The zero-order valence-corrected chi connectivity index (χ0v) is 8.21. The maximum absolute atomic E-state index is 11.4. The summed E-state index contributed by atoms with van der Waals surface area (Å²) in [5, 5.41) is 0. The van der Waals surface area contributed by atoms with E-state index in [1.165, 1.54) is 0 Å². The molecule has 0 aromatic heterocycles. The predicted molar refractivity (Wildman–Crippen MR) is 56.9 cm³/mol. The number of carbonyl (C=O) groups is 2. The van der Waals surface area contributed by atoms with Gasteiger partial charge in [-0.3, -0.25) is 0 Å². The van der Waals surface area contributed by atoms with Gasteiger partial charge in [-0.15, -0.1) is 0 Å². The van der Waals surface area contributed by atoms with Crippen molar-refractivity contribution in [3.63, 3.8) is 0 Å². The molecule has 2 aliphatic carbocycles. The fourth-order valence-electron chi connectivity index (χ4n) is 1.89. The Morgan fingerprint density at radius 2 is 2.12 bits per heavy atom. The molecule has 1 amide bonds. The lowest BCUT2D eigenvalue weighted by molar-refractivity contribution is -0.132. The van der Waals surface area contributed by atoms with Crippen molar-refractivity contribution in [3.05, 3.63) is 47.6 Å². The van der Waals surface area contributed by atoms with Gasteiger partial charge in [0.15, 0.2) is 0 Å². The highest BCUT2D eigenvalue weighted by Gasteiger charge is 2.30.